The van der Waals surface area contributed by atoms with Gasteiger partial charge in [0.2, 0.25) is 5.95 Å². The Morgan fingerprint density at radius 3 is 2.65 bits per heavy atom. The Kier molecular flexibility index (Phi) is 6.52. The molecule has 16 heteroatoms. The summed E-state index contributed by atoms with van der Waals surface area (Å²) in [5.41, 5.74) is 0.527. The molecule has 0 unspecified atom stereocenters. The van der Waals surface area contributed by atoms with Crippen LogP contribution >= 0.6 is 22.9 Å². The minimum absolute atomic E-state index is 0.217. The maximum absolute atomic E-state index is 13.9. The number of aromatic nitrogens is 2. The van der Waals surface area contributed by atoms with E-state index in [4.69, 9.17) is 11.6 Å². The van der Waals surface area contributed by atoms with E-state index in [0.29, 0.717) is 34.8 Å². The standard InChI is InChI=1S/C21H19ClF3N5O4S3/c1-30-4-5-36(31,32)17-8-16(35-19(17)37(30,33)34)18-13(21(23,24)25)10-27-20(29-18)28-15-7-11-2-3-26-9-12(11)6-14(15)22/h6-8,10,26H,2-5,9H2,1H3,(H,27,28,29). The van der Waals surface area contributed by atoms with Gasteiger partial charge in [-0.3, -0.25) is 0 Å². The van der Waals surface area contributed by atoms with Gasteiger partial charge in [-0.1, -0.05) is 11.6 Å². The average Bonchev–Trinajstić information content (AvgIpc) is 3.28. The second-order valence-corrected chi connectivity index (χ2v) is 14.3. The van der Waals surface area contributed by atoms with Crippen LogP contribution < -0.4 is 10.6 Å². The number of fused-ring (bicyclic) bond motifs is 2. The molecule has 0 fully saturated rings. The van der Waals surface area contributed by atoms with Crippen LogP contribution in [0.3, 0.4) is 0 Å². The zero-order valence-electron chi connectivity index (χ0n) is 19.1. The van der Waals surface area contributed by atoms with Gasteiger partial charge in [0.05, 0.1) is 31.9 Å². The molecular formula is C21H19ClF3N5O4S3. The lowest BCUT2D eigenvalue weighted by atomic mass is 10.0. The number of halogens is 4. The molecular weight excluding hydrogens is 575 g/mol. The lowest BCUT2D eigenvalue weighted by molar-refractivity contribution is -0.137. The highest BCUT2D eigenvalue weighted by Gasteiger charge is 2.40. The maximum atomic E-state index is 13.9. The third kappa shape index (κ3) is 4.83. The molecule has 1 aromatic carbocycles. The zero-order valence-corrected chi connectivity index (χ0v) is 22.3. The Labute approximate surface area is 219 Å². The van der Waals surface area contributed by atoms with Crippen molar-refractivity contribution in [1.29, 1.82) is 0 Å². The summed E-state index contributed by atoms with van der Waals surface area (Å²) in [6.45, 7) is 1.13. The van der Waals surface area contributed by atoms with Gasteiger partial charge < -0.3 is 10.6 Å². The predicted molar refractivity (Wildman–Crippen MR) is 132 cm³/mol. The summed E-state index contributed by atoms with van der Waals surface area (Å²) in [6.07, 6.45) is -3.58. The quantitative estimate of drug-likeness (QED) is 0.472. The highest BCUT2D eigenvalue weighted by molar-refractivity contribution is 7.95. The molecule has 9 nitrogen and oxygen atoms in total. The van der Waals surface area contributed by atoms with Crippen molar-refractivity contribution >= 4 is 54.4 Å². The Morgan fingerprint density at radius 2 is 1.92 bits per heavy atom. The largest absolute Gasteiger partial charge is 0.420 e. The molecule has 2 aliphatic rings. The summed E-state index contributed by atoms with van der Waals surface area (Å²) >= 11 is 6.79. The van der Waals surface area contributed by atoms with E-state index >= 15 is 0 Å². The topological polar surface area (TPSA) is 121 Å². The number of sulfone groups is 1. The van der Waals surface area contributed by atoms with Gasteiger partial charge >= 0.3 is 6.18 Å². The van der Waals surface area contributed by atoms with Gasteiger partial charge in [-0.05, 0) is 42.3 Å². The molecule has 0 saturated carbocycles. The fourth-order valence-corrected chi connectivity index (χ4v) is 9.75. The van der Waals surface area contributed by atoms with Crippen LogP contribution in [0.1, 0.15) is 16.7 Å². The summed E-state index contributed by atoms with van der Waals surface area (Å²) < 4.78 is 93.3. The van der Waals surface area contributed by atoms with Crippen LogP contribution in [-0.2, 0) is 39.0 Å². The number of anilines is 2. The van der Waals surface area contributed by atoms with Crippen molar-refractivity contribution < 1.29 is 30.0 Å². The molecule has 4 heterocycles. The number of thiophene rings is 1. The molecule has 2 aliphatic heterocycles. The monoisotopic (exact) mass is 593 g/mol. The molecule has 0 saturated heterocycles. The van der Waals surface area contributed by atoms with E-state index in [1.54, 1.807) is 12.1 Å². The minimum Gasteiger partial charge on any atom is -0.323 e. The van der Waals surface area contributed by atoms with Crippen molar-refractivity contribution in [3.05, 3.63) is 46.1 Å². The molecule has 0 aliphatic carbocycles. The summed E-state index contributed by atoms with van der Waals surface area (Å²) in [7, 11) is -7.08. The van der Waals surface area contributed by atoms with E-state index in [9.17, 15) is 30.0 Å². The van der Waals surface area contributed by atoms with Crippen LogP contribution in [-0.4, -0.2) is 57.0 Å². The molecule has 5 rings (SSSR count). The van der Waals surface area contributed by atoms with Gasteiger partial charge in [-0.15, -0.1) is 11.3 Å². The van der Waals surface area contributed by atoms with Crippen molar-refractivity contribution in [2.45, 2.75) is 28.2 Å². The number of sulfonamides is 1. The van der Waals surface area contributed by atoms with E-state index in [1.165, 1.54) is 7.05 Å². The smallest absolute Gasteiger partial charge is 0.323 e. The molecule has 3 aromatic rings. The van der Waals surface area contributed by atoms with Gasteiger partial charge in [0.15, 0.2) is 14.0 Å². The molecule has 37 heavy (non-hydrogen) atoms. The summed E-state index contributed by atoms with van der Waals surface area (Å²) in [5, 5.41) is 6.38. The van der Waals surface area contributed by atoms with Crippen LogP contribution in [0.4, 0.5) is 24.8 Å². The molecule has 0 radical (unpaired) electrons. The Morgan fingerprint density at radius 1 is 1.16 bits per heavy atom. The van der Waals surface area contributed by atoms with Gasteiger partial charge in [0.25, 0.3) is 10.0 Å². The number of nitrogens with one attached hydrogen (secondary N) is 2. The summed E-state index contributed by atoms with van der Waals surface area (Å²) in [5.74, 6) is -0.716. The third-order valence-electron chi connectivity index (χ3n) is 6.07. The Bertz CT molecular complexity index is 1620. The highest BCUT2D eigenvalue weighted by Crippen LogP contribution is 2.44. The van der Waals surface area contributed by atoms with Crippen LogP contribution in [0.25, 0.3) is 10.6 Å². The van der Waals surface area contributed by atoms with Crippen LogP contribution in [0, 0.1) is 0 Å². The second-order valence-electron chi connectivity index (χ2n) is 8.51. The Hall–Kier alpha value is -2.30. The summed E-state index contributed by atoms with van der Waals surface area (Å²) in [6, 6.07) is 4.46. The molecule has 0 bridgehead atoms. The second kappa shape index (κ2) is 9.17. The normalized spacial score (nSPS) is 19.1. The first-order valence-electron chi connectivity index (χ1n) is 10.8. The van der Waals surface area contributed by atoms with E-state index in [0.717, 1.165) is 34.5 Å². The van der Waals surface area contributed by atoms with E-state index in [1.807, 2.05) is 0 Å². The average molecular weight is 594 g/mol. The minimum atomic E-state index is -4.89. The molecule has 198 valence electrons. The number of hydrogen-bond acceptors (Lipinski definition) is 9. The van der Waals surface area contributed by atoms with Crippen LogP contribution in [0.5, 0.6) is 0 Å². The van der Waals surface area contributed by atoms with E-state index in [2.05, 4.69) is 20.6 Å². The number of hydrogen-bond donors (Lipinski definition) is 2. The first-order chi connectivity index (χ1) is 17.3. The molecule has 2 N–H and O–H groups in total. The van der Waals surface area contributed by atoms with Crippen LogP contribution in [0.2, 0.25) is 5.02 Å². The molecule has 0 amide bonds. The van der Waals surface area contributed by atoms with Crippen molar-refractivity contribution in [1.82, 2.24) is 19.6 Å². The number of alkyl halides is 3. The number of nitrogens with zero attached hydrogens (tertiary/aromatic N) is 3. The van der Waals surface area contributed by atoms with Crippen LogP contribution in [0.15, 0.2) is 33.5 Å². The van der Waals surface area contributed by atoms with Crippen molar-refractivity contribution in [3.63, 3.8) is 0 Å². The molecule has 0 atom stereocenters. The third-order valence-corrected chi connectivity index (χ3v) is 11.9. The lowest BCUT2D eigenvalue weighted by Gasteiger charge is -2.19. The molecule has 2 aromatic heterocycles. The van der Waals surface area contributed by atoms with Gasteiger partial charge in [-0.25, -0.2) is 26.8 Å². The Balaban J connectivity index is 1.63. The first kappa shape index (κ1) is 26.3. The maximum Gasteiger partial charge on any atom is 0.420 e. The van der Waals surface area contributed by atoms with Gasteiger partial charge in [0, 0.05) is 26.3 Å². The fourth-order valence-electron chi connectivity index (χ4n) is 4.05. The lowest BCUT2D eigenvalue weighted by Crippen LogP contribution is -2.28. The predicted octanol–water partition coefficient (Wildman–Crippen LogP) is 3.67. The van der Waals surface area contributed by atoms with Gasteiger partial charge in [0.1, 0.15) is 5.56 Å². The van der Waals surface area contributed by atoms with E-state index < -0.39 is 52.2 Å². The highest BCUT2D eigenvalue weighted by atomic mass is 35.5. The van der Waals surface area contributed by atoms with E-state index in [-0.39, 0.29) is 17.4 Å². The molecule has 0 spiro atoms. The van der Waals surface area contributed by atoms with Crippen molar-refractivity contribution in [2.75, 3.05) is 31.2 Å². The zero-order chi connectivity index (χ0) is 26.8. The van der Waals surface area contributed by atoms with Crippen molar-refractivity contribution in [2.24, 2.45) is 0 Å². The SMILES string of the molecule is CN1CCS(=O)(=O)c2cc(-c3nc(Nc4cc5c(cc4Cl)CNCC5)ncc3C(F)(F)F)sc2S1(=O)=O. The van der Waals surface area contributed by atoms with Crippen molar-refractivity contribution in [3.8, 4) is 10.6 Å². The number of benzene rings is 1. The number of rotatable bonds is 3. The fraction of sp³-hybridized carbons (Fsp3) is 0.333. The first-order valence-corrected chi connectivity index (χ1v) is 15.1. The summed E-state index contributed by atoms with van der Waals surface area (Å²) in [4.78, 5) is 7.02. The van der Waals surface area contributed by atoms with Gasteiger partial charge in [-0.2, -0.15) is 17.5 Å².